The lowest BCUT2D eigenvalue weighted by Gasteiger charge is -2.18. The predicted molar refractivity (Wildman–Crippen MR) is 59.8 cm³/mol. The van der Waals surface area contributed by atoms with E-state index in [1.165, 1.54) is 10.8 Å². The number of aromatic amines is 1. The second-order valence-electron chi connectivity index (χ2n) is 4.51. The Labute approximate surface area is 96.9 Å². The average molecular weight is 242 g/mol. The van der Waals surface area contributed by atoms with Crippen molar-refractivity contribution in [2.45, 2.75) is 32.0 Å². The summed E-state index contributed by atoms with van der Waals surface area (Å²) < 4.78 is 15.2. The van der Waals surface area contributed by atoms with Gasteiger partial charge in [-0.3, -0.25) is 14.3 Å². The zero-order valence-corrected chi connectivity index (χ0v) is 9.52. The quantitative estimate of drug-likeness (QED) is 0.773. The van der Waals surface area contributed by atoms with E-state index >= 15 is 0 Å². The van der Waals surface area contributed by atoms with E-state index in [1.807, 2.05) is 0 Å². The summed E-state index contributed by atoms with van der Waals surface area (Å²) >= 11 is 0. The summed E-state index contributed by atoms with van der Waals surface area (Å²) in [6.45, 7) is 1.36. The maximum atomic E-state index is 13.9. The van der Waals surface area contributed by atoms with Gasteiger partial charge in [-0.1, -0.05) is 0 Å². The van der Waals surface area contributed by atoms with Gasteiger partial charge in [0.25, 0.3) is 5.56 Å². The predicted octanol–water partition coefficient (Wildman–Crippen LogP) is 0.127. The standard InChI is InChI=1S/C11H15FN2O3/c1-6-4-14(11(17)13-10(6)16)8-3-2-7(5-15)9(8)12/h4,7-9,15H,2-3,5H2,1H3,(H,13,16,17)/t7-,8-,9-/m0/s1. The van der Waals surface area contributed by atoms with Gasteiger partial charge in [0.2, 0.25) is 0 Å². The van der Waals surface area contributed by atoms with E-state index in [1.54, 1.807) is 6.92 Å². The molecule has 0 saturated heterocycles. The van der Waals surface area contributed by atoms with Crippen LogP contribution in [0.3, 0.4) is 0 Å². The molecule has 5 nitrogen and oxygen atoms in total. The van der Waals surface area contributed by atoms with E-state index in [9.17, 15) is 14.0 Å². The molecule has 0 amide bonds. The Morgan fingerprint density at radius 3 is 2.82 bits per heavy atom. The summed E-state index contributed by atoms with van der Waals surface area (Å²) in [5, 5.41) is 8.98. The molecular weight excluding hydrogens is 227 g/mol. The second kappa shape index (κ2) is 4.44. The van der Waals surface area contributed by atoms with Crippen LogP contribution in [0, 0.1) is 12.8 Å². The molecule has 1 aromatic rings. The molecular formula is C11H15FN2O3. The van der Waals surface area contributed by atoms with Crippen molar-refractivity contribution in [3.8, 4) is 0 Å². The normalized spacial score (nSPS) is 28.5. The first-order chi connectivity index (χ1) is 8.04. The van der Waals surface area contributed by atoms with Crippen molar-refractivity contribution in [3.63, 3.8) is 0 Å². The Morgan fingerprint density at radius 1 is 1.53 bits per heavy atom. The van der Waals surface area contributed by atoms with Gasteiger partial charge in [-0.2, -0.15) is 0 Å². The largest absolute Gasteiger partial charge is 0.396 e. The van der Waals surface area contributed by atoms with Crippen molar-refractivity contribution >= 4 is 0 Å². The molecule has 1 aromatic heterocycles. The SMILES string of the molecule is Cc1cn([C@H]2CC[C@@H](CO)[C@@H]2F)c(=O)[nH]c1=O. The van der Waals surface area contributed by atoms with Crippen LogP contribution >= 0.6 is 0 Å². The van der Waals surface area contributed by atoms with Crippen molar-refractivity contribution in [1.29, 1.82) is 0 Å². The molecule has 17 heavy (non-hydrogen) atoms. The minimum Gasteiger partial charge on any atom is -0.396 e. The van der Waals surface area contributed by atoms with E-state index in [0.29, 0.717) is 18.4 Å². The van der Waals surface area contributed by atoms with Crippen LogP contribution in [0.2, 0.25) is 0 Å². The van der Waals surface area contributed by atoms with Crippen LogP contribution in [0.15, 0.2) is 15.8 Å². The van der Waals surface area contributed by atoms with E-state index in [4.69, 9.17) is 5.11 Å². The number of aliphatic hydroxyl groups is 1. The highest BCUT2D eigenvalue weighted by atomic mass is 19.1. The average Bonchev–Trinajstić information content (AvgIpc) is 2.65. The lowest BCUT2D eigenvalue weighted by Crippen LogP contribution is -2.36. The van der Waals surface area contributed by atoms with Crippen molar-refractivity contribution < 1.29 is 9.50 Å². The molecule has 1 aliphatic carbocycles. The van der Waals surface area contributed by atoms with Gasteiger partial charge in [0, 0.05) is 24.3 Å². The molecule has 94 valence electrons. The first-order valence-electron chi connectivity index (χ1n) is 5.61. The molecule has 0 spiro atoms. The monoisotopic (exact) mass is 242 g/mol. The van der Waals surface area contributed by atoms with Crippen LogP contribution in [-0.4, -0.2) is 27.4 Å². The summed E-state index contributed by atoms with van der Waals surface area (Å²) in [5.41, 5.74) is -0.658. The lowest BCUT2D eigenvalue weighted by atomic mass is 10.1. The molecule has 6 heteroatoms. The number of rotatable bonds is 2. The number of hydrogen-bond donors (Lipinski definition) is 2. The van der Waals surface area contributed by atoms with Crippen molar-refractivity contribution in [3.05, 3.63) is 32.6 Å². The Hall–Kier alpha value is -1.43. The summed E-state index contributed by atoms with van der Waals surface area (Å²) in [4.78, 5) is 25.0. The third kappa shape index (κ3) is 2.04. The van der Waals surface area contributed by atoms with Crippen LogP contribution in [0.1, 0.15) is 24.4 Å². The van der Waals surface area contributed by atoms with Crippen molar-refractivity contribution in [2.75, 3.05) is 6.61 Å². The Bertz CT molecular complexity index is 522. The summed E-state index contributed by atoms with van der Waals surface area (Å²) in [6, 6.07) is -0.588. The van der Waals surface area contributed by atoms with Gasteiger partial charge in [0.1, 0.15) is 6.17 Å². The van der Waals surface area contributed by atoms with Crippen LogP contribution in [-0.2, 0) is 0 Å². The fourth-order valence-corrected chi connectivity index (χ4v) is 2.33. The van der Waals surface area contributed by atoms with Gasteiger partial charge in [0.05, 0.1) is 6.04 Å². The van der Waals surface area contributed by atoms with E-state index in [-0.39, 0.29) is 6.61 Å². The highest BCUT2D eigenvalue weighted by Crippen LogP contribution is 2.36. The third-order valence-electron chi connectivity index (χ3n) is 3.39. The number of halogens is 1. The Balaban J connectivity index is 2.39. The number of alkyl halides is 1. The van der Waals surface area contributed by atoms with Gasteiger partial charge in [-0.15, -0.1) is 0 Å². The second-order valence-corrected chi connectivity index (χ2v) is 4.51. The number of aliphatic hydroxyl groups excluding tert-OH is 1. The molecule has 1 fully saturated rings. The fraction of sp³-hybridized carbons (Fsp3) is 0.636. The first kappa shape index (κ1) is 12.0. The van der Waals surface area contributed by atoms with Crippen molar-refractivity contribution in [1.82, 2.24) is 9.55 Å². The molecule has 1 aliphatic rings. The minimum absolute atomic E-state index is 0.214. The third-order valence-corrected chi connectivity index (χ3v) is 3.39. The van der Waals surface area contributed by atoms with Gasteiger partial charge in [-0.25, -0.2) is 9.18 Å². The lowest BCUT2D eigenvalue weighted by molar-refractivity contribution is 0.139. The molecule has 1 heterocycles. The molecule has 0 aromatic carbocycles. The topological polar surface area (TPSA) is 75.1 Å². The minimum atomic E-state index is -1.25. The van der Waals surface area contributed by atoms with Crippen LogP contribution in [0.5, 0.6) is 0 Å². The van der Waals surface area contributed by atoms with Gasteiger partial charge in [0.15, 0.2) is 0 Å². The fourth-order valence-electron chi connectivity index (χ4n) is 2.33. The maximum absolute atomic E-state index is 13.9. The van der Waals surface area contributed by atoms with Gasteiger partial charge >= 0.3 is 5.69 Å². The molecule has 2 N–H and O–H groups in total. The number of nitrogens with one attached hydrogen (secondary N) is 1. The van der Waals surface area contributed by atoms with Gasteiger partial charge in [-0.05, 0) is 19.8 Å². The highest BCUT2D eigenvalue weighted by molar-refractivity contribution is 5.03. The number of hydrogen-bond acceptors (Lipinski definition) is 3. The number of nitrogens with zero attached hydrogens (tertiary/aromatic N) is 1. The maximum Gasteiger partial charge on any atom is 0.328 e. The van der Waals surface area contributed by atoms with Crippen LogP contribution in [0.25, 0.3) is 0 Å². The van der Waals surface area contributed by atoms with Crippen LogP contribution < -0.4 is 11.2 Å². The summed E-state index contributed by atoms with van der Waals surface area (Å²) in [6.07, 6.45) is 1.19. The number of aryl methyl sites for hydroxylation is 1. The summed E-state index contributed by atoms with van der Waals surface area (Å²) in [7, 11) is 0. The molecule has 0 bridgehead atoms. The Kier molecular flexibility index (Phi) is 3.15. The zero-order valence-electron chi connectivity index (χ0n) is 9.52. The highest BCUT2D eigenvalue weighted by Gasteiger charge is 2.37. The molecule has 2 rings (SSSR count). The molecule has 0 radical (unpaired) electrons. The molecule has 0 aliphatic heterocycles. The Morgan fingerprint density at radius 2 is 2.24 bits per heavy atom. The smallest absolute Gasteiger partial charge is 0.328 e. The van der Waals surface area contributed by atoms with Gasteiger partial charge < -0.3 is 5.11 Å². The first-order valence-corrected chi connectivity index (χ1v) is 5.61. The van der Waals surface area contributed by atoms with Crippen LogP contribution in [0.4, 0.5) is 4.39 Å². The molecule has 0 unspecified atom stereocenters. The molecule has 1 saturated carbocycles. The van der Waals surface area contributed by atoms with E-state index in [0.717, 1.165) is 0 Å². The molecule has 3 atom stereocenters. The summed E-state index contributed by atoms with van der Waals surface area (Å²) in [5.74, 6) is -0.417. The van der Waals surface area contributed by atoms with Crippen molar-refractivity contribution in [2.24, 2.45) is 5.92 Å². The zero-order chi connectivity index (χ0) is 12.6. The van der Waals surface area contributed by atoms with E-state index in [2.05, 4.69) is 4.98 Å². The van der Waals surface area contributed by atoms with E-state index < -0.39 is 29.4 Å². The number of aromatic nitrogens is 2. The number of H-pyrrole nitrogens is 1.